The van der Waals surface area contributed by atoms with Crippen LogP contribution in [0.3, 0.4) is 0 Å². The molecule has 0 radical (unpaired) electrons. The van der Waals surface area contributed by atoms with Crippen LogP contribution in [0.15, 0.2) is 4.52 Å². The van der Waals surface area contributed by atoms with Gasteiger partial charge in [-0.05, 0) is 13.0 Å². The van der Waals surface area contributed by atoms with Crippen molar-refractivity contribution in [1.82, 2.24) is 10.1 Å². The predicted molar refractivity (Wildman–Crippen MR) is 57.6 cm³/mol. The zero-order valence-electron chi connectivity index (χ0n) is 8.91. The molecule has 0 aliphatic carbocycles. The van der Waals surface area contributed by atoms with Gasteiger partial charge in [0.1, 0.15) is 0 Å². The molecule has 0 unspecified atom stereocenters. The zero-order valence-corrected chi connectivity index (χ0v) is 9.73. The Bertz CT molecular complexity index is 267. The van der Waals surface area contributed by atoms with Crippen molar-refractivity contribution in [3.8, 4) is 0 Å². The van der Waals surface area contributed by atoms with Crippen molar-refractivity contribution >= 4 is 12.4 Å². The number of hydrogen-bond donors (Lipinski definition) is 1. The monoisotopic (exact) mass is 219 g/mol. The molecule has 1 aromatic rings. The number of hydrogen-bond acceptors (Lipinski definition) is 4. The third kappa shape index (κ3) is 3.64. The van der Waals surface area contributed by atoms with Gasteiger partial charge in [-0.3, -0.25) is 0 Å². The summed E-state index contributed by atoms with van der Waals surface area (Å²) in [5.41, 5.74) is 5.34. The van der Waals surface area contributed by atoms with Gasteiger partial charge in [0.2, 0.25) is 5.89 Å². The van der Waals surface area contributed by atoms with Crippen molar-refractivity contribution in [2.75, 3.05) is 6.54 Å². The fraction of sp³-hybridized carbons (Fsp3) is 0.778. The smallest absolute Gasteiger partial charge is 0.226 e. The molecule has 0 aliphatic heterocycles. The van der Waals surface area contributed by atoms with E-state index in [1.165, 1.54) is 0 Å². The molecular weight excluding hydrogens is 202 g/mol. The molecule has 0 atom stereocenters. The van der Waals surface area contributed by atoms with Gasteiger partial charge in [-0.25, -0.2) is 0 Å². The number of halogens is 1. The highest BCUT2D eigenvalue weighted by molar-refractivity contribution is 5.85. The number of nitrogens with two attached hydrogens (primary N) is 1. The summed E-state index contributed by atoms with van der Waals surface area (Å²) in [6.07, 6.45) is 1.67. The zero-order chi connectivity index (χ0) is 9.90. The van der Waals surface area contributed by atoms with Crippen LogP contribution in [-0.4, -0.2) is 16.7 Å². The maximum absolute atomic E-state index is 5.38. The molecule has 0 fully saturated rings. The van der Waals surface area contributed by atoms with E-state index in [9.17, 15) is 0 Å². The number of aromatic nitrogens is 2. The van der Waals surface area contributed by atoms with Gasteiger partial charge in [-0.1, -0.05) is 25.9 Å². The standard InChI is InChI=1S/C9H17N3O.ClH/c1-9(2,3)8-11-7(13-12-8)5-4-6-10;/h4-6,10H2,1-3H3;1H. The van der Waals surface area contributed by atoms with Crippen LogP contribution in [0.4, 0.5) is 0 Å². The van der Waals surface area contributed by atoms with E-state index in [2.05, 4.69) is 30.9 Å². The first-order valence-corrected chi connectivity index (χ1v) is 4.57. The Morgan fingerprint density at radius 1 is 1.36 bits per heavy atom. The van der Waals surface area contributed by atoms with Crippen LogP contribution in [0.1, 0.15) is 38.9 Å². The van der Waals surface area contributed by atoms with E-state index in [1.54, 1.807) is 0 Å². The molecule has 0 saturated heterocycles. The minimum Gasteiger partial charge on any atom is -0.339 e. The first-order chi connectivity index (χ1) is 6.04. The lowest BCUT2D eigenvalue weighted by atomic mass is 9.96. The molecule has 1 aromatic heterocycles. The van der Waals surface area contributed by atoms with Crippen molar-refractivity contribution < 1.29 is 4.52 Å². The van der Waals surface area contributed by atoms with Crippen LogP contribution in [0.2, 0.25) is 0 Å². The molecule has 1 rings (SSSR count). The van der Waals surface area contributed by atoms with E-state index in [4.69, 9.17) is 10.3 Å². The minimum absolute atomic E-state index is 0. The largest absolute Gasteiger partial charge is 0.339 e. The van der Waals surface area contributed by atoms with Crippen LogP contribution >= 0.6 is 12.4 Å². The van der Waals surface area contributed by atoms with E-state index in [0.717, 1.165) is 18.7 Å². The molecule has 4 nitrogen and oxygen atoms in total. The highest BCUT2D eigenvalue weighted by atomic mass is 35.5. The van der Waals surface area contributed by atoms with E-state index in [-0.39, 0.29) is 17.8 Å². The average Bonchev–Trinajstić information content (AvgIpc) is 2.47. The maximum atomic E-state index is 5.38. The van der Waals surface area contributed by atoms with Gasteiger partial charge in [-0.15, -0.1) is 12.4 Å². The Morgan fingerprint density at radius 2 is 2.00 bits per heavy atom. The Labute approximate surface area is 90.7 Å². The molecule has 0 spiro atoms. The van der Waals surface area contributed by atoms with Crippen molar-refractivity contribution in [1.29, 1.82) is 0 Å². The first kappa shape index (κ1) is 13.4. The van der Waals surface area contributed by atoms with Crippen LogP contribution in [0.5, 0.6) is 0 Å². The fourth-order valence-electron chi connectivity index (χ4n) is 0.914. The molecule has 2 N–H and O–H groups in total. The summed E-state index contributed by atoms with van der Waals surface area (Å²) in [6, 6.07) is 0. The van der Waals surface area contributed by atoms with Gasteiger partial charge in [0.15, 0.2) is 5.82 Å². The second-order valence-electron chi connectivity index (χ2n) is 4.15. The lowest BCUT2D eigenvalue weighted by Crippen LogP contribution is -2.13. The molecule has 0 bridgehead atoms. The lowest BCUT2D eigenvalue weighted by Gasteiger charge is -2.10. The second kappa shape index (κ2) is 5.32. The molecule has 0 aromatic carbocycles. The second-order valence-corrected chi connectivity index (χ2v) is 4.15. The SMILES string of the molecule is CC(C)(C)c1noc(CCCN)n1.Cl. The summed E-state index contributed by atoms with van der Waals surface area (Å²) in [7, 11) is 0. The molecule has 1 heterocycles. The van der Waals surface area contributed by atoms with Gasteiger partial charge in [0.25, 0.3) is 0 Å². The predicted octanol–water partition coefficient (Wildman–Crippen LogP) is 1.68. The number of rotatable bonds is 3. The van der Waals surface area contributed by atoms with E-state index >= 15 is 0 Å². The van der Waals surface area contributed by atoms with E-state index in [0.29, 0.717) is 12.4 Å². The van der Waals surface area contributed by atoms with Gasteiger partial charge >= 0.3 is 0 Å². The summed E-state index contributed by atoms with van der Waals surface area (Å²) in [5.74, 6) is 1.45. The van der Waals surface area contributed by atoms with Crippen LogP contribution < -0.4 is 5.73 Å². The van der Waals surface area contributed by atoms with Crippen LogP contribution in [0, 0.1) is 0 Å². The topological polar surface area (TPSA) is 64.9 Å². The van der Waals surface area contributed by atoms with Crippen molar-refractivity contribution in [3.05, 3.63) is 11.7 Å². The average molecular weight is 220 g/mol. The summed E-state index contributed by atoms with van der Waals surface area (Å²) in [4.78, 5) is 4.29. The first-order valence-electron chi connectivity index (χ1n) is 4.57. The lowest BCUT2D eigenvalue weighted by molar-refractivity contribution is 0.361. The normalized spacial score (nSPS) is 11.1. The molecule has 0 aliphatic rings. The molecular formula is C9H18ClN3O. The quantitative estimate of drug-likeness (QED) is 0.840. The van der Waals surface area contributed by atoms with Gasteiger partial charge in [0.05, 0.1) is 0 Å². The number of nitrogens with zero attached hydrogens (tertiary/aromatic N) is 2. The third-order valence-corrected chi connectivity index (χ3v) is 1.73. The highest BCUT2D eigenvalue weighted by Gasteiger charge is 2.20. The van der Waals surface area contributed by atoms with Gasteiger partial charge in [-0.2, -0.15) is 4.98 Å². The highest BCUT2D eigenvalue weighted by Crippen LogP contribution is 2.18. The van der Waals surface area contributed by atoms with Gasteiger partial charge in [0, 0.05) is 11.8 Å². The van der Waals surface area contributed by atoms with Crippen molar-refractivity contribution in [2.45, 2.75) is 39.0 Å². The Kier molecular flexibility index (Phi) is 5.08. The fourth-order valence-corrected chi connectivity index (χ4v) is 0.914. The Balaban J connectivity index is 0.00000169. The van der Waals surface area contributed by atoms with E-state index < -0.39 is 0 Å². The summed E-state index contributed by atoms with van der Waals surface area (Å²) < 4.78 is 5.08. The molecule has 0 amide bonds. The molecule has 14 heavy (non-hydrogen) atoms. The Morgan fingerprint density at radius 3 is 2.43 bits per heavy atom. The molecule has 82 valence electrons. The van der Waals surface area contributed by atoms with Gasteiger partial charge < -0.3 is 10.3 Å². The van der Waals surface area contributed by atoms with Crippen molar-refractivity contribution in [2.24, 2.45) is 5.73 Å². The minimum atomic E-state index is -0.0372. The summed E-state index contributed by atoms with van der Waals surface area (Å²) >= 11 is 0. The van der Waals surface area contributed by atoms with Crippen LogP contribution in [0.25, 0.3) is 0 Å². The Hall–Kier alpha value is -0.610. The van der Waals surface area contributed by atoms with Crippen molar-refractivity contribution in [3.63, 3.8) is 0 Å². The number of aryl methyl sites for hydroxylation is 1. The maximum Gasteiger partial charge on any atom is 0.226 e. The third-order valence-electron chi connectivity index (χ3n) is 1.73. The van der Waals surface area contributed by atoms with E-state index in [1.807, 2.05) is 0 Å². The van der Waals surface area contributed by atoms with Crippen LogP contribution in [-0.2, 0) is 11.8 Å². The summed E-state index contributed by atoms with van der Waals surface area (Å²) in [5, 5.41) is 3.91. The summed E-state index contributed by atoms with van der Waals surface area (Å²) in [6.45, 7) is 6.84. The molecule has 5 heteroatoms. The molecule has 0 saturated carbocycles.